The molecule has 0 atom stereocenters. The summed E-state index contributed by atoms with van der Waals surface area (Å²) >= 11 is 0. The van der Waals surface area contributed by atoms with Gasteiger partial charge >= 0.3 is 0 Å². The molecular formula is C4H14GeNO4-. The van der Waals surface area contributed by atoms with E-state index in [0.29, 0.717) is 26.3 Å². The second kappa shape index (κ2) is 22.8. The molecule has 10 heavy (non-hydrogen) atoms. The topological polar surface area (TPSA) is 120 Å². The second-order valence-electron chi connectivity index (χ2n) is 1.17. The van der Waals surface area contributed by atoms with E-state index >= 15 is 0 Å². The summed E-state index contributed by atoms with van der Waals surface area (Å²) in [7, 11) is 0. The minimum Gasteiger partial charge on any atom is -0.870 e. The normalized spacial score (nSPS) is 6.60. The van der Waals surface area contributed by atoms with Crippen molar-refractivity contribution in [2.24, 2.45) is 0 Å². The van der Waals surface area contributed by atoms with Gasteiger partial charge in [-0.25, -0.2) is 0 Å². The van der Waals surface area contributed by atoms with Crippen LogP contribution in [0.3, 0.4) is 0 Å². The smallest absolute Gasteiger partial charge is 0.124 e. The molecule has 0 aromatic rings. The number of hydrogen-bond donors (Lipinski definition) is 0. The molecule has 0 saturated carbocycles. The van der Waals surface area contributed by atoms with Crippen LogP contribution in [0.15, 0.2) is 0 Å². The molecule has 0 rings (SSSR count). The maximum Gasteiger partial charge on any atom is 0.124 e. The van der Waals surface area contributed by atoms with Gasteiger partial charge in [0.25, 0.3) is 0 Å². The summed E-state index contributed by atoms with van der Waals surface area (Å²) < 4.78 is 0. The zero-order valence-electron chi connectivity index (χ0n) is 5.67. The number of hydrogen-bond acceptors (Lipinski definition) is 2. The van der Waals surface area contributed by atoms with E-state index in [9.17, 15) is 0 Å². The quantitative estimate of drug-likeness (QED) is 0.307. The van der Waals surface area contributed by atoms with Crippen LogP contribution in [-0.4, -0.2) is 65.1 Å². The molecule has 0 aromatic heterocycles. The van der Waals surface area contributed by atoms with Crippen molar-refractivity contribution in [3.8, 4) is 0 Å². The zero-order chi connectivity index (χ0) is 5.54. The van der Waals surface area contributed by atoms with Gasteiger partial charge in [0.1, 0.15) is 13.2 Å². The Morgan fingerprint density at radius 2 is 1.20 bits per heavy atom. The molecular weight excluding hydrogens is 199 g/mol. The Bertz CT molecular complexity index is 36.4. The molecule has 0 aliphatic heterocycles. The van der Waals surface area contributed by atoms with Crippen LogP contribution in [0, 0.1) is 0 Å². The SMILES string of the molecule is [Ge].[OH-].[OH-].[OH2+]CC[N-]CC[OH2+]. The van der Waals surface area contributed by atoms with Crippen LogP contribution in [0.1, 0.15) is 0 Å². The molecule has 0 heterocycles. The first-order valence-electron chi connectivity index (χ1n) is 2.34. The van der Waals surface area contributed by atoms with E-state index in [1.54, 1.807) is 0 Å². The zero-order valence-corrected chi connectivity index (χ0v) is 7.77. The fourth-order valence-corrected chi connectivity index (χ4v) is 0.270. The Balaban J connectivity index is -0.0000000600. The average molecular weight is 213 g/mol. The molecule has 0 bridgehead atoms. The van der Waals surface area contributed by atoms with Crippen LogP contribution in [0.5, 0.6) is 0 Å². The third kappa shape index (κ3) is 23.9. The van der Waals surface area contributed by atoms with E-state index < -0.39 is 0 Å². The molecule has 0 aliphatic carbocycles. The van der Waals surface area contributed by atoms with Gasteiger partial charge in [0.05, 0.1) is 0 Å². The van der Waals surface area contributed by atoms with E-state index in [1.807, 2.05) is 0 Å². The first kappa shape index (κ1) is 22.4. The predicted molar refractivity (Wildman–Crippen MR) is 39.7 cm³/mol. The third-order valence-electron chi connectivity index (χ3n) is 0.540. The van der Waals surface area contributed by atoms with Crippen molar-refractivity contribution in [1.82, 2.24) is 0 Å². The summed E-state index contributed by atoms with van der Waals surface area (Å²) in [6.45, 7) is 1.91. The van der Waals surface area contributed by atoms with Gasteiger partial charge in [-0.3, -0.25) is 0 Å². The van der Waals surface area contributed by atoms with Crippen LogP contribution >= 0.6 is 0 Å². The van der Waals surface area contributed by atoms with Crippen LogP contribution in [-0.2, 0) is 0 Å². The van der Waals surface area contributed by atoms with Gasteiger partial charge in [0.15, 0.2) is 0 Å². The maximum atomic E-state index is 6.63. The maximum absolute atomic E-state index is 6.63. The Kier molecular flexibility index (Phi) is 51.1. The minimum absolute atomic E-state index is 0. The van der Waals surface area contributed by atoms with Crippen LogP contribution in [0.4, 0.5) is 0 Å². The fourth-order valence-electron chi connectivity index (χ4n) is 0.270. The van der Waals surface area contributed by atoms with Gasteiger partial charge in [0, 0.05) is 17.6 Å². The Labute approximate surface area is 71.0 Å². The largest absolute Gasteiger partial charge is 0.870 e. The van der Waals surface area contributed by atoms with Crippen molar-refractivity contribution in [3.05, 3.63) is 5.32 Å². The van der Waals surface area contributed by atoms with E-state index in [0.717, 1.165) is 0 Å². The van der Waals surface area contributed by atoms with Crippen molar-refractivity contribution in [2.75, 3.05) is 26.3 Å². The minimum atomic E-state index is 0. The first-order valence-corrected chi connectivity index (χ1v) is 2.34. The van der Waals surface area contributed by atoms with Gasteiger partial charge in [-0.2, -0.15) is 0 Å². The summed E-state index contributed by atoms with van der Waals surface area (Å²) in [5.74, 6) is 0. The average Bonchev–Trinajstić information content (AvgIpc) is 1.69. The molecule has 64 valence electrons. The van der Waals surface area contributed by atoms with E-state index in [4.69, 9.17) is 10.2 Å². The second-order valence-corrected chi connectivity index (χ2v) is 1.17. The van der Waals surface area contributed by atoms with Gasteiger partial charge in [0.2, 0.25) is 0 Å². The summed E-state index contributed by atoms with van der Waals surface area (Å²) in [4.78, 5) is 0. The van der Waals surface area contributed by atoms with Gasteiger partial charge < -0.3 is 26.5 Å². The van der Waals surface area contributed by atoms with Crippen molar-refractivity contribution < 1.29 is 21.2 Å². The van der Waals surface area contributed by atoms with Crippen molar-refractivity contribution >= 4 is 17.6 Å². The van der Waals surface area contributed by atoms with Crippen molar-refractivity contribution in [3.63, 3.8) is 0 Å². The monoisotopic (exact) mass is 214 g/mol. The van der Waals surface area contributed by atoms with E-state index in [2.05, 4.69) is 5.32 Å². The molecule has 6 heteroatoms. The molecule has 6 N–H and O–H groups in total. The molecule has 0 spiro atoms. The predicted octanol–water partition coefficient (Wildman–Crippen LogP) is -1.93. The van der Waals surface area contributed by atoms with Crippen LogP contribution < -0.4 is 0 Å². The van der Waals surface area contributed by atoms with Crippen molar-refractivity contribution in [1.29, 1.82) is 0 Å². The molecule has 0 aliphatic rings. The summed E-state index contributed by atoms with van der Waals surface area (Å²) in [5.41, 5.74) is 0. The standard InChI is InChI=1S/C4H10NO2.Ge.2H2O/c6-3-1-5-2-4-7;;;/h6-7H,1-4H2;;2*1H2/q-1;;;. The van der Waals surface area contributed by atoms with E-state index in [1.165, 1.54) is 0 Å². The van der Waals surface area contributed by atoms with Crippen LogP contribution in [0.25, 0.3) is 5.32 Å². The number of nitrogens with zero attached hydrogens (tertiary/aromatic N) is 1. The molecule has 0 fully saturated rings. The molecule has 5 nitrogen and oxygen atoms in total. The van der Waals surface area contributed by atoms with Gasteiger partial charge in [-0.15, -0.1) is 0 Å². The van der Waals surface area contributed by atoms with Gasteiger partial charge in [-0.05, 0) is 0 Å². The molecule has 0 unspecified atom stereocenters. The van der Waals surface area contributed by atoms with Crippen molar-refractivity contribution in [2.45, 2.75) is 0 Å². The number of rotatable bonds is 4. The molecule has 0 aromatic carbocycles. The Morgan fingerprint density at radius 3 is 1.40 bits per heavy atom. The summed E-state index contributed by atoms with van der Waals surface area (Å²) in [6.07, 6.45) is 0. The van der Waals surface area contributed by atoms with Crippen LogP contribution in [0.2, 0.25) is 0 Å². The fraction of sp³-hybridized carbons (Fsp3) is 1.00. The Morgan fingerprint density at radius 1 is 0.900 bits per heavy atom. The van der Waals surface area contributed by atoms with E-state index in [-0.39, 0.29) is 28.5 Å². The Hall–Kier alpha value is 0.343. The van der Waals surface area contributed by atoms with Gasteiger partial charge in [-0.1, -0.05) is 13.1 Å². The first-order chi connectivity index (χ1) is 3.41. The summed E-state index contributed by atoms with van der Waals surface area (Å²) in [5, 5.41) is 17.1. The molecule has 4 radical (unpaired) electrons. The molecule has 0 saturated heterocycles. The third-order valence-corrected chi connectivity index (χ3v) is 0.540. The summed E-state index contributed by atoms with van der Waals surface area (Å²) in [6, 6.07) is 0. The molecule has 0 amide bonds.